The van der Waals surface area contributed by atoms with Crippen molar-refractivity contribution in [2.75, 3.05) is 7.11 Å². The van der Waals surface area contributed by atoms with Gasteiger partial charge in [-0.2, -0.15) is 0 Å². The van der Waals surface area contributed by atoms with Gasteiger partial charge >= 0.3 is 5.69 Å². The molecule has 0 atom stereocenters. The summed E-state index contributed by atoms with van der Waals surface area (Å²) in [6.07, 6.45) is 1.82. The number of methoxy groups -OCH3 is 1. The number of hydrogen-bond donors (Lipinski definition) is 0. The molecular weight excluding hydrogens is 204 g/mol. The number of aromatic nitrogens is 2. The van der Waals surface area contributed by atoms with Crippen molar-refractivity contribution in [3.05, 3.63) is 46.6 Å². The number of benzene rings is 1. The van der Waals surface area contributed by atoms with Crippen molar-refractivity contribution < 1.29 is 4.74 Å². The van der Waals surface area contributed by atoms with Crippen LogP contribution in [-0.4, -0.2) is 16.2 Å². The van der Waals surface area contributed by atoms with Crippen LogP contribution in [-0.2, 0) is 7.05 Å². The first-order valence-electron chi connectivity index (χ1n) is 5.03. The van der Waals surface area contributed by atoms with Crippen LogP contribution in [0.5, 0.6) is 5.75 Å². The van der Waals surface area contributed by atoms with Crippen LogP contribution < -0.4 is 10.4 Å². The topological polar surface area (TPSA) is 36.2 Å². The van der Waals surface area contributed by atoms with E-state index in [1.54, 1.807) is 23.3 Å². The summed E-state index contributed by atoms with van der Waals surface area (Å²) in [6.45, 7) is 1.90. The van der Waals surface area contributed by atoms with E-state index in [9.17, 15) is 4.79 Å². The Bertz CT molecular complexity index is 549. The van der Waals surface area contributed by atoms with E-state index in [-0.39, 0.29) is 5.69 Å². The quantitative estimate of drug-likeness (QED) is 0.765. The molecule has 4 heteroatoms. The molecule has 0 aliphatic heterocycles. The summed E-state index contributed by atoms with van der Waals surface area (Å²) in [6, 6.07) is 7.40. The molecule has 0 fully saturated rings. The Balaban J connectivity index is 2.50. The lowest BCUT2D eigenvalue weighted by Gasteiger charge is -2.02. The van der Waals surface area contributed by atoms with Crippen molar-refractivity contribution >= 4 is 0 Å². The fourth-order valence-corrected chi connectivity index (χ4v) is 1.57. The molecule has 2 aromatic rings. The maximum atomic E-state index is 11.8. The second-order valence-corrected chi connectivity index (χ2v) is 3.68. The highest BCUT2D eigenvalue weighted by Crippen LogP contribution is 2.13. The fraction of sp³-hybridized carbons (Fsp3) is 0.250. The lowest BCUT2D eigenvalue weighted by molar-refractivity contribution is 0.414. The highest BCUT2D eigenvalue weighted by molar-refractivity contribution is 5.37. The average molecular weight is 218 g/mol. The molecule has 0 aliphatic rings. The van der Waals surface area contributed by atoms with Crippen LogP contribution in [0, 0.1) is 6.92 Å². The number of rotatable bonds is 2. The minimum atomic E-state index is -0.0392. The third-order valence-electron chi connectivity index (χ3n) is 2.69. The molecule has 0 saturated heterocycles. The van der Waals surface area contributed by atoms with Crippen LogP contribution in [0.3, 0.4) is 0 Å². The Hall–Kier alpha value is -1.97. The molecular formula is C12H14N2O2. The van der Waals surface area contributed by atoms with Crippen molar-refractivity contribution in [2.45, 2.75) is 6.92 Å². The van der Waals surface area contributed by atoms with Gasteiger partial charge in [0.1, 0.15) is 5.75 Å². The standard InChI is InChI=1S/C12H14N2O2/c1-9-8-14(12(15)13(9)2)10-4-6-11(16-3)7-5-10/h4-8H,1-3H3. The van der Waals surface area contributed by atoms with Crippen molar-refractivity contribution in [2.24, 2.45) is 7.05 Å². The molecule has 1 heterocycles. The van der Waals surface area contributed by atoms with E-state index in [1.165, 1.54) is 0 Å². The van der Waals surface area contributed by atoms with Crippen LogP contribution in [0.2, 0.25) is 0 Å². The maximum Gasteiger partial charge on any atom is 0.332 e. The van der Waals surface area contributed by atoms with Gasteiger partial charge < -0.3 is 4.74 Å². The summed E-state index contributed by atoms with van der Waals surface area (Å²) >= 11 is 0. The Morgan fingerprint density at radius 2 is 1.81 bits per heavy atom. The molecule has 0 amide bonds. The van der Waals surface area contributed by atoms with Gasteiger partial charge in [-0.25, -0.2) is 4.79 Å². The summed E-state index contributed by atoms with van der Waals surface area (Å²) in [7, 11) is 3.38. The summed E-state index contributed by atoms with van der Waals surface area (Å²) in [4.78, 5) is 11.8. The Morgan fingerprint density at radius 1 is 1.19 bits per heavy atom. The molecule has 0 aliphatic carbocycles. The molecule has 1 aromatic carbocycles. The van der Waals surface area contributed by atoms with E-state index >= 15 is 0 Å². The van der Waals surface area contributed by atoms with Crippen LogP contribution in [0.4, 0.5) is 0 Å². The van der Waals surface area contributed by atoms with Crippen molar-refractivity contribution in [1.82, 2.24) is 9.13 Å². The van der Waals surface area contributed by atoms with Crippen molar-refractivity contribution in [1.29, 1.82) is 0 Å². The van der Waals surface area contributed by atoms with E-state index in [0.717, 1.165) is 17.1 Å². The molecule has 16 heavy (non-hydrogen) atoms. The summed E-state index contributed by atoms with van der Waals surface area (Å²) in [5.41, 5.74) is 1.73. The summed E-state index contributed by atoms with van der Waals surface area (Å²) < 4.78 is 8.31. The molecule has 2 rings (SSSR count). The third-order valence-corrected chi connectivity index (χ3v) is 2.69. The second-order valence-electron chi connectivity index (χ2n) is 3.68. The summed E-state index contributed by atoms with van der Waals surface area (Å²) in [5, 5.41) is 0. The predicted octanol–water partition coefficient (Wildman–Crippen LogP) is 1.49. The lowest BCUT2D eigenvalue weighted by atomic mass is 10.3. The van der Waals surface area contributed by atoms with E-state index in [0.29, 0.717) is 0 Å². The van der Waals surface area contributed by atoms with E-state index in [1.807, 2.05) is 37.4 Å². The van der Waals surface area contributed by atoms with E-state index < -0.39 is 0 Å². The first-order chi connectivity index (χ1) is 7.63. The maximum absolute atomic E-state index is 11.8. The number of hydrogen-bond acceptors (Lipinski definition) is 2. The van der Waals surface area contributed by atoms with Gasteiger partial charge in [0.15, 0.2) is 0 Å². The lowest BCUT2D eigenvalue weighted by Crippen LogP contribution is -2.20. The highest BCUT2D eigenvalue weighted by Gasteiger charge is 2.05. The van der Waals surface area contributed by atoms with E-state index in [2.05, 4.69) is 0 Å². The van der Waals surface area contributed by atoms with Crippen LogP contribution in [0.25, 0.3) is 5.69 Å². The first-order valence-corrected chi connectivity index (χ1v) is 5.03. The zero-order chi connectivity index (χ0) is 11.7. The third kappa shape index (κ3) is 1.62. The number of aryl methyl sites for hydroxylation is 1. The Labute approximate surface area is 93.7 Å². The molecule has 0 radical (unpaired) electrons. The molecule has 0 unspecified atom stereocenters. The highest BCUT2D eigenvalue weighted by atomic mass is 16.5. The van der Waals surface area contributed by atoms with Gasteiger partial charge in [-0.3, -0.25) is 9.13 Å². The van der Waals surface area contributed by atoms with Gasteiger partial charge in [-0.1, -0.05) is 0 Å². The minimum Gasteiger partial charge on any atom is -0.497 e. The van der Waals surface area contributed by atoms with Crippen LogP contribution in [0.1, 0.15) is 5.69 Å². The van der Waals surface area contributed by atoms with Gasteiger partial charge in [-0.15, -0.1) is 0 Å². The van der Waals surface area contributed by atoms with Gasteiger partial charge in [0, 0.05) is 18.9 Å². The normalized spacial score (nSPS) is 10.4. The predicted molar refractivity (Wildman–Crippen MR) is 62.3 cm³/mol. The molecule has 0 bridgehead atoms. The van der Waals surface area contributed by atoms with Gasteiger partial charge in [0.25, 0.3) is 0 Å². The number of nitrogens with zero attached hydrogens (tertiary/aromatic N) is 2. The monoisotopic (exact) mass is 218 g/mol. The van der Waals surface area contributed by atoms with Crippen LogP contribution >= 0.6 is 0 Å². The minimum absolute atomic E-state index is 0.0392. The smallest absolute Gasteiger partial charge is 0.332 e. The second kappa shape index (κ2) is 3.89. The van der Waals surface area contributed by atoms with Gasteiger partial charge in [0.2, 0.25) is 0 Å². The van der Waals surface area contributed by atoms with Gasteiger partial charge in [-0.05, 0) is 31.2 Å². The van der Waals surface area contributed by atoms with Gasteiger partial charge in [0.05, 0.1) is 12.8 Å². The fourth-order valence-electron chi connectivity index (χ4n) is 1.57. The first kappa shape index (κ1) is 10.5. The van der Waals surface area contributed by atoms with E-state index in [4.69, 9.17) is 4.74 Å². The Morgan fingerprint density at radius 3 is 2.25 bits per heavy atom. The molecule has 4 nitrogen and oxygen atoms in total. The zero-order valence-electron chi connectivity index (χ0n) is 9.60. The molecule has 0 spiro atoms. The SMILES string of the molecule is COc1ccc(-n2cc(C)n(C)c2=O)cc1. The summed E-state index contributed by atoms with van der Waals surface area (Å²) in [5.74, 6) is 0.782. The molecule has 84 valence electrons. The molecule has 0 N–H and O–H groups in total. The van der Waals surface area contributed by atoms with Crippen molar-refractivity contribution in [3.63, 3.8) is 0 Å². The van der Waals surface area contributed by atoms with Crippen molar-refractivity contribution in [3.8, 4) is 11.4 Å². The average Bonchev–Trinajstić information content (AvgIpc) is 2.57. The molecule has 1 aromatic heterocycles. The molecule has 0 saturated carbocycles. The van der Waals surface area contributed by atoms with Crippen LogP contribution in [0.15, 0.2) is 35.3 Å². The zero-order valence-corrected chi connectivity index (χ0v) is 9.60. The largest absolute Gasteiger partial charge is 0.497 e. The Kier molecular flexibility index (Phi) is 2.56. The number of imidazole rings is 1. The number of ether oxygens (including phenoxy) is 1.